The number of aliphatic imine (C=N–C) groups is 1. The first kappa shape index (κ1) is 28.2. The number of hydrogen-bond donors (Lipinski definition) is 1. The minimum absolute atomic E-state index is 0.00526. The van der Waals surface area contributed by atoms with E-state index in [2.05, 4.69) is 15.2 Å². The molecule has 2 heterocycles. The Bertz CT molecular complexity index is 1460. The van der Waals surface area contributed by atoms with Gasteiger partial charge in [0.05, 0.1) is 27.6 Å². The molecule has 2 aromatic carbocycles. The number of carbonyl (C=O) groups is 1. The molecule has 0 radical (unpaired) electrons. The van der Waals surface area contributed by atoms with Crippen LogP contribution in [0.1, 0.15) is 32.8 Å². The summed E-state index contributed by atoms with van der Waals surface area (Å²) in [5.74, 6) is -1.54. The molecule has 13 heteroatoms. The third-order valence-corrected chi connectivity index (χ3v) is 8.59. The fourth-order valence-corrected chi connectivity index (χ4v) is 5.58. The van der Waals surface area contributed by atoms with Crippen LogP contribution in [0.15, 0.2) is 46.6 Å². The van der Waals surface area contributed by atoms with Gasteiger partial charge in [-0.15, -0.1) is 0 Å². The van der Waals surface area contributed by atoms with Gasteiger partial charge in [-0.3, -0.25) is 0 Å². The zero-order chi connectivity index (χ0) is 27.6. The van der Waals surface area contributed by atoms with Crippen molar-refractivity contribution < 1.29 is 26.7 Å². The summed E-state index contributed by atoms with van der Waals surface area (Å²) in [4.78, 5) is 20.2. The number of amides is 1. The molecular formula is C25H27ClF2N4O4S2. The van der Waals surface area contributed by atoms with E-state index in [1.54, 1.807) is 32.9 Å². The largest absolute Gasteiger partial charge is 0.443 e. The Morgan fingerprint density at radius 2 is 1.92 bits per heavy atom. The van der Waals surface area contributed by atoms with Gasteiger partial charge in [0, 0.05) is 27.5 Å². The van der Waals surface area contributed by atoms with Gasteiger partial charge in [0.2, 0.25) is 9.26 Å². The lowest BCUT2D eigenvalue weighted by molar-refractivity contribution is 0.0591. The van der Waals surface area contributed by atoms with Crippen LogP contribution in [0.5, 0.6) is 0 Å². The van der Waals surface area contributed by atoms with Gasteiger partial charge >= 0.3 is 6.09 Å². The maximum absolute atomic E-state index is 15.5. The zero-order valence-corrected chi connectivity index (χ0v) is 23.4. The average Bonchev–Trinajstić information content (AvgIpc) is 3.27. The van der Waals surface area contributed by atoms with Crippen molar-refractivity contribution in [2.75, 3.05) is 29.9 Å². The number of rotatable bonds is 7. The highest BCUT2D eigenvalue weighted by Gasteiger charge is 2.31. The van der Waals surface area contributed by atoms with Crippen LogP contribution < -0.4 is 10.2 Å². The Labute approximate surface area is 228 Å². The summed E-state index contributed by atoms with van der Waals surface area (Å²) in [7, 11) is -3.90. The number of ether oxygens (including phenoxy) is 1. The van der Waals surface area contributed by atoms with Crippen LogP contribution in [-0.4, -0.2) is 50.2 Å². The van der Waals surface area contributed by atoms with E-state index >= 15 is 4.39 Å². The molecule has 1 unspecified atom stereocenters. The Hall–Kier alpha value is -2.80. The highest BCUT2D eigenvalue weighted by molar-refractivity contribution is 8.42. The number of hydrogen-bond acceptors (Lipinski definition) is 7. The van der Waals surface area contributed by atoms with Crippen molar-refractivity contribution >= 4 is 59.0 Å². The molecule has 1 amide bonds. The maximum Gasteiger partial charge on any atom is 0.420 e. The molecule has 0 spiro atoms. The first-order chi connectivity index (χ1) is 17.9. The minimum Gasteiger partial charge on any atom is -0.443 e. The topological polar surface area (TPSA) is 91.3 Å². The second kappa shape index (κ2) is 11.5. The lowest BCUT2D eigenvalue weighted by Crippen LogP contribution is -2.38. The van der Waals surface area contributed by atoms with Crippen molar-refractivity contribution in [3.05, 3.63) is 63.8 Å². The minimum atomic E-state index is -2.50. The van der Waals surface area contributed by atoms with Crippen LogP contribution in [0.2, 0.25) is 5.02 Å². The predicted molar refractivity (Wildman–Crippen MR) is 147 cm³/mol. The Morgan fingerprint density at radius 3 is 2.53 bits per heavy atom. The van der Waals surface area contributed by atoms with E-state index in [0.717, 1.165) is 48.1 Å². The summed E-state index contributed by atoms with van der Waals surface area (Å²) in [6, 6.07) is 6.93. The second-order valence-corrected chi connectivity index (χ2v) is 13.6. The van der Waals surface area contributed by atoms with E-state index in [0.29, 0.717) is 0 Å². The molecule has 1 saturated heterocycles. The van der Waals surface area contributed by atoms with Gasteiger partial charge in [0.25, 0.3) is 0 Å². The van der Waals surface area contributed by atoms with Gasteiger partial charge in [-0.2, -0.15) is 8.42 Å². The van der Waals surface area contributed by atoms with Crippen LogP contribution in [0.3, 0.4) is 0 Å². The van der Waals surface area contributed by atoms with Gasteiger partial charge in [-0.05, 0) is 70.5 Å². The lowest BCUT2D eigenvalue weighted by Gasteiger charge is -2.30. The first-order valence-electron chi connectivity index (χ1n) is 11.8. The highest BCUT2D eigenvalue weighted by Crippen LogP contribution is 2.36. The van der Waals surface area contributed by atoms with Gasteiger partial charge < -0.3 is 15.0 Å². The number of halogens is 3. The van der Waals surface area contributed by atoms with Gasteiger partial charge in [0.15, 0.2) is 5.82 Å². The van der Waals surface area contributed by atoms with Crippen molar-refractivity contribution in [1.82, 2.24) is 4.90 Å². The SMILES string of the molecule is CC(C)(C)OC(=O)N(C1=CS(=S(=O)=O)C=N1)c1cc(Cl)c(Nc2cc(CCN3CCC3)ccc2F)cc1F. The lowest BCUT2D eigenvalue weighted by atomic mass is 10.1. The third-order valence-electron chi connectivity index (χ3n) is 5.72. The molecule has 4 rings (SSSR count). The maximum atomic E-state index is 15.5. The van der Waals surface area contributed by atoms with Crippen molar-refractivity contribution in [2.45, 2.75) is 39.2 Å². The van der Waals surface area contributed by atoms with Crippen molar-refractivity contribution in [3.8, 4) is 0 Å². The van der Waals surface area contributed by atoms with Crippen LogP contribution in [0, 0.1) is 11.6 Å². The van der Waals surface area contributed by atoms with Crippen LogP contribution in [0.4, 0.5) is 30.6 Å². The fraction of sp³-hybridized carbons (Fsp3) is 0.360. The number of carbonyl (C=O) groups excluding carboxylic acids is 1. The molecule has 0 bridgehead atoms. The monoisotopic (exact) mass is 584 g/mol. The second-order valence-electron chi connectivity index (χ2n) is 9.73. The van der Waals surface area contributed by atoms with Crippen LogP contribution in [-0.2, 0) is 29.9 Å². The molecule has 2 aliphatic heterocycles. The average molecular weight is 585 g/mol. The molecule has 1 N–H and O–H groups in total. The summed E-state index contributed by atoms with van der Waals surface area (Å²) in [5.41, 5.74) is 1.05. The molecule has 1 atom stereocenters. The highest BCUT2D eigenvalue weighted by atomic mass is 35.5. The third kappa shape index (κ3) is 6.79. The molecule has 2 aromatic rings. The van der Waals surface area contributed by atoms with Gasteiger partial charge in [-0.25, -0.2) is 23.5 Å². The summed E-state index contributed by atoms with van der Waals surface area (Å²) >= 11 is 6.45. The molecule has 2 aliphatic rings. The quantitative estimate of drug-likeness (QED) is 0.455. The van der Waals surface area contributed by atoms with E-state index in [9.17, 15) is 17.6 Å². The Balaban J connectivity index is 1.65. The zero-order valence-electron chi connectivity index (χ0n) is 21.0. The summed E-state index contributed by atoms with van der Waals surface area (Å²) in [5, 5.41) is 4.05. The summed E-state index contributed by atoms with van der Waals surface area (Å²) < 4.78 is 58.3. The first-order valence-corrected chi connectivity index (χ1v) is 15.1. The normalized spacial score (nSPS) is 17.1. The van der Waals surface area contributed by atoms with Crippen molar-refractivity contribution in [1.29, 1.82) is 0 Å². The van der Waals surface area contributed by atoms with E-state index in [1.165, 1.54) is 24.0 Å². The molecule has 0 aliphatic carbocycles. The Kier molecular flexibility index (Phi) is 8.55. The molecule has 8 nitrogen and oxygen atoms in total. The number of benzene rings is 2. The summed E-state index contributed by atoms with van der Waals surface area (Å²) in [6.07, 6.45) is 0.955. The number of anilines is 3. The molecular weight excluding hydrogens is 558 g/mol. The fourth-order valence-electron chi connectivity index (χ4n) is 3.74. The van der Waals surface area contributed by atoms with Crippen molar-refractivity contribution in [3.63, 3.8) is 0 Å². The molecule has 204 valence electrons. The van der Waals surface area contributed by atoms with Gasteiger partial charge in [0.1, 0.15) is 17.2 Å². The van der Waals surface area contributed by atoms with E-state index in [1.807, 2.05) is 0 Å². The number of likely N-dealkylation sites (tertiary alicyclic amines) is 1. The van der Waals surface area contributed by atoms with Crippen LogP contribution in [0.25, 0.3) is 0 Å². The summed E-state index contributed by atoms with van der Waals surface area (Å²) in [6.45, 7) is 7.90. The molecule has 0 saturated carbocycles. The predicted octanol–water partition coefficient (Wildman–Crippen LogP) is 5.60. The number of nitrogens with zero attached hydrogens (tertiary/aromatic N) is 3. The van der Waals surface area contributed by atoms with E-state index < -0.39 is 42.0 Å². The van der Waals surface area contributed by atoms with Gasteiger partial charge in [-0.1, -0.05) is 17.7 Å². The number of nitrogens with one attached hydrogen (secondary N) is 1. The van der Waals surface area contributed by atoms with Crippen LogP contribution >= 0.6 is 11.6 Å². The smallest absolute Gasteiger partial charge is 0.420 e. The van der Waals surface area contributed by atoms with E-state index in [4.69, 9.17) is 16.3 Å². The Morgan fingerprint density at radius 1 is 1.18 bits per heavy atom. The molecule has 38 heavy (non-hydrogen) atoms. The molecule has 0 aromatic heterocycles. The standard InChI is InChI=1S/C25H27ClF2N4O4S2/c1-25(2,3)36-24(33)32(23-14-37(15-29-23)38(34)35)22-12-17(26)20(13-19(22)28)30-21-11-16(5-6-18(21)27)7-10-31-8-4-9-31/h5-6,11-15,30H,4,7-10H2,1-3H3. The molecule has 1 fully saturated rings. The van der Waals surface area contributed by atoms with Crippen molar-refractivity contribution in [2.24, 2.45) is 4.99 Å². The van der Waals surface area contributed by atoms with E-state index in [-0.39, 0.29) is 27.9 Å².